The smallest absolute Gasteiger partial charge is 0.273 e. The Labute approximate surface area is 139 Å². The lowest BCUT2D eigenvalue weighted by Crippen LogP contribution is -2.06. The van der Waals surface area contributed by atoms with Crippen LogP contribution in [0.1, 0.15) is 17.0 Å². The van der Waals surface area contributed by atoms with Crippen LogP contribution in [-0.4, -0.2) is 45.1 Å². The van der Waals surface area contributed by atoms with E-state index in [0.29, 0.717) is 11.7 Å². The van der Waals surface area contributed by atoms with Crippen molar-refractivity contribution < 1.29 is 9.47 Å². The van der Waals surface area contributed by atoms with E-state index in [9.17, 15) is 0 Å². The second-order valence-electron chi connectivity index (χ2n) is 5.17. The summed E-state index contributed by atoms with van der Waals surface area (Å²) in [6.45, 7) is 3.88. The van der Waals surface area contributed by atoms with E-state index in [1.807, 2.05) is 38.1 Å². The van der Waals surface area contributed by atoms with Gasteiger partial charge in [-0.15, -0.1) is 10.2 Å². The minimum atomic E-state index is 0.513. The molecule has 0 atom stereocenters. The predicted octanol–water partition coefficient (Wildman–Crippen LogP) is 1.98. The predicted molar refractivity (Wildman–Crippen MR) is 89.2 cm³/mol. The van der Waals surface area contributed by atoms with Crippen LogP contribution >= 0.6 is 0 Å². The molecule has 24 heavy (non-hydrogen) atoms. The molecule has 0 saturated carbocycles. The van der Waals surface area contributed by atoms with Crippen LogP contribution < -0.4 is 9.47 Å². The summed E-state index contributed by atoms with van der Waals surface area (Å²) in [4.78, 5) is 0. The topological polar surface area (TPSA) is 79.4 Å². The van der Waals surface area contributed by atoms with Gasteiger partial charge < -0.3 is 9.47 Å². The summed E-state index contributed by atoms with van der Waals surface area (Å²) in [6.07, 6.45) is 3.19. The molecule has 8 nitrogen and oxygen atoms in total. The molecule has 0 radical (unpaired) electrons. The van der Waals surface area contributed by atoms with Crippen LogP contribution in [0, 0.1) is 13.8 Å². The third-order valence-electron chi connectivity index (χ3n) is 3.47. The van der Waals surface area contributed by atoms with E-state index in [1.165, 1.54) is 6.33 Å². The molecule has 0 fully saturated rings. The largest absolute Gasteiger partial charge is 0.497 e. The highest BCUT2D eigenvalue weighted by atomic mass is 16.5. The lowest BCUT2D eigenvalue weighted by molar-refractivity contribution is 0.402. The molecule has 124 valence electrons. The first kappa shape index (κ1) is 15.7. The quantitative estimate of drug-likeness (QED) is 0.670. The maximum absolute atomic E-state index is 5.35. The van der Waals surface area contributed by atoms with Gasteiger partial charge in [0.1, 0.15) is 17.8 Å². The molecule has 3 aromatic rings. The Bertz CT molecular complexity index is 881. The number of aryl methyl sites for hydroxylation is 2. The summed E-state index contributed by atoms with van der Waals surface area (Å²) in [5.74, 6) is 1.93. The van der Waals surface area contributed by atoms with Gasteiger partial charge in [0.2, 0.25) is 0 Å². The minimum absolute atomic E-state index is 0.513. The van der Waals surface area contributed by atoms with Crippen LogP contribution in [0.3, 0.4) is 0 Å². The first-order chi connectivity index (χ1) is 11.6. The molecule has 2 aromatic heterocycles. The van der Waals surface area contributed by atoms with Crippen LogP contribution in [0.25, 0.3) is 5.95 Å². The van der Waals surface area contributed by atoms with Gasteiger partial charge in [-0.05, 0) is 38.1 Å². The van der Waals surface area contributed by atoms with Gasteiger partial charge in [0.25, 0.3) is 5.95 Å². The van der Waals surface area contributed by atoms with E-state index < -0.39 is 0 Å². The molecule has 0 spiro atoms. The number of hydrogen-bond donors (Lipinski definition) is 0. The molecule has 0 unspecified atom stereocenters. The van der Waals surface area contributed by atoms with Gasteiger partial charge in [-0.2, -0.15) is 14.9 Å². The zero-order chi connectivity index (χ0) is 17.1. The molecular weight excluding hydrogens is 308 g/mol. The molecule has 0 saturated heterocycles. The van der Waals surface area contributed by atoms with Crippen LogP contribution in [0.4, 0.5) is 0 Å². The highest BCUT2D eigenvalue weighted by Crippen LogP contribution is 2.22. The molecule has 0 bridgehead atoms. The van der Waals surface area contributed by atoms with Crippen molar-refractivity contribution in [1.29, 1.82) is 0 Å². The number of benzene rings is 1. The van der Waals surface area contributed by atoms with Gasteiger partial charge in [-0.25, -0.2) is 4.68 Å². The Balaban J connectivity index is 1.97. The van der Waals surface area contributed by atoms with Crippen molar-refractivity contribution in [2.24, 2.45) is 5.10 Å². The molecule has 0 N–H and O–H groups in total. The average Bonchev–Trinajstić information content (AvgIpc) is 3.18. The summed E-state index contributed by atoms with van der Waals surface area (Å²) in [5.41, 5.74) is 2.64. The van der Waals surface area contributed by atoms with E-state index in [4.69, 9.17) is 9.47 Å². The van der Waals surface area contributed by atoms with E-state index in [0.717, 1.165) is 22.7 Å². The van der Waals surface area contributed by atoms with E-state index in [2.05, 4.69) is 20.4 Å². The monoisotopic (exact) mass is 326 g/mol. The maximum atomic E-state index is 5.35. The number of hydrogen-bond acceptors (Lipinski definition) is 6. The van der Waals surface area contributed by atoms with Crippen molar-refractivity contribution >= 4 is 6.21 Å². The number of nitrogens with zero attached hydrogens (tertiary/aromatic N) is 6. The summed E-state index contributed by atoms with van der Waals surface area (Å²) < 4.78 is 13.8. The number of ether oxygens (including phenoxy) is 2. The first-order valence-corrected chi connectivity index (χ1v) is 7.32. The van der Waals surface area contributed by atoms with Gasteiger partial charge >= 0.3 is 0 Å². The number of aromatic nitrogens is 5. The second-order valence-corrected chi connectivity index (χ2v) is 5.17. The third kappa shape index (κ3) is 2.98. The van der Waals surface area contributed by atoms with Crippen molar-refractivity contribution in [2.75, 3.05) is 14.2 Å². The SMILES string of the molecule is COc1ccc(OC)c(/C=N\n2cnnc2-n2nc(C)cc2C)c1. The minimum Gasteiger partial charge on any atom is -0.497 e. The standard InChI is InChI=1S/C16H18N6O2/c1-11-7-12(2)22(20-11)16-19-17-10-21(16)18-9-13-8-14(23-3)5-6-15(13)24-4/h5-10H,1-4H3/b18-9-. The van der Waals surface area contributed by atoms with E-state index >= 15 is 0 Å². The Morgan fingerprint density at radius 1 is 1.12 bits per heavy atom. The zero-order valence-electron chi connectivity index (χ0n) is 14.0. The van der Waals surface area contributed by atoms with Crippen LogP contribution in [0.2, 0.25) is 0 Å². The van der Waals surface area contributed by atoms with Gasteiger partial charge in [0, 0.05) is 11.3 Å². The van der Waals surface area contributed by atoms with Gasteiger partial charge in [-0.3, -0.25) is 0 Å². The third-order valence-corrected chi connectivity index (χ3v) is 3.47. The molecule has 3 rings (SSSR count). The fraction of sp³-hybridized carbons (Fsp3) is 0.250. The molecule has 0 aliphatic rings. The zero-order valence-corrected chi connectivity index (χ0v) is 14.0. The van der Waals surface area contributed by atoms with Gasteiger partial charge in [0.05, 0.1) is 26.1 Å². The van der Waals surface area contributed by atoms with Crippen LogP contribution in [-0.2, 0) is 0 Å². The lowest BCUT2D eigenvalue weighted by Gasteiger charge is -2.07. The molecule has 8 heteroatoms. The van der Waals surface area contributed by atoms with Crippen molar-refractivity contribution in [3.8, 4) is 17.4 Å². The summed E-state index contributed by atoms with van der Waals surface area (Å²) >= 11 is 0. The lowest BCUT2D eigenvalue weighted by atomic mass is 10.2. The summed E-state index contributed by atoms with van der Waals surface area (Å²) in [6, 6.07) is 7.47. The number of rotatable bonds is 5. The van der Waals surface area contributed by atoms with E-state index in [-0.39, 0.29) is 0 Å². The summed E-state index contributed by atoms with van der Waals surface area (Å²) in [7, 11) is 3.22. The fourth-order valence-corrected chi connectivity index (χ4v) is 2.34. The van der Waals surface area contributed by atoms with Crippen molar-refractivity contribution in [1.82, 2.24) is 24.7 Å². The highest BCUT2D eigenvalue weighted by Gasteiger charge is 2.10. The van der Waals surface area contributed by atoms with Crippen molar-refractivity contribution in [3.63, 3.8) is 0 Å². The van der Waals surface area contributed by atoms with Gasteiger partial charge in [0.15, 0.2) is 0 Å². The van der Waals surface area contributed by atoms with Gasteiger partial charge in [-0.1, -0.05) is 0 Å². The highest BCUT2D eigenvalue weighted by molar-refractivity contribution is 5.84. The van der Waals surface area contributed by atoms with Crippen molar-refractivity contribution in [2.45, 2.75) is 13.8 Å². The average molecular weight is 326 g/mol. The Morgan fingerprint density at radius 3 is 2.62 bits per heavy atom. The molecular formula is C16H18N6O2. The summed E-state index contributed by atoms with van der Waals surface area (Å²) in [5, 5.41) is 16.8. The molecule has 1 aromatic carbocycles. The molecule has 0 aliphatic carbocycles. The molecule has 0 aliphatic heterocycles. The first-order valence-electron chi connectivity index (χ1n) is 7.32. The Morgan fingerprint density at radius 2 is 1.96 bits per heavy atom. The van der Waals surface area contributed by atoms with Crippen LogP contribution in [0.5, 0.6) is 11.5 Å². The van der Waals surface area contributed by atoms with Crippen molar-refractivity contribution in [3.05, 3.63) is 47.5 Å². The number of methoxy groups -OCH3 is 2. The Hall–Kier alpha value is -3.16. The van der Waals surface area contributed by atoms with Crippen LogP contribution in [0.15, 0.2) is 35.7 Å². The molecule has 2 heterocycles. The fourth-order valence-electron chi connectivity index (χ4n) is 2.34. The van der Waals surface area contributed by atoms with E-state index in [1.54, 1.807) is 29.8 Å². The normalized spacial score (nSPS) is 11.2. The second kappa shape index (κ2) is 6.53. The Kier molecular flexibility index (Phi) is 4.28. The maximum Gasteiger partial charge on any atom is 0.273 e. The molecule has 0 amide bonds.